The molecular weight excluding hydrogens is 493 g/mol. The molecule has 5 rings (SSSR count). The van der Waals surface area contributed by atoms with Crippen molar-refractivity contribution in [2.45, 2.75) is 51.4 Å². The fourth-order valence-electron chi connectivity index (χ4n) is 5.55. The zero-order chi connectivity index (χ0) is 26.7. The minimum atomic E-state index is -4.51. The number of anilines is 1. The third kappa shape index (κ3) is 6.49. The second-order valence-electron chi connectivity index (χ2n) is 10.7. The molecule has 0 aromatic heterocycles. The standard InChI is InChI=1S/C29H35F3N4O2/c30-29(31,32)25-7-2-1-5-23(25)20-36(16-15-35-13-4-9-27(35)37)28(38)17-33-26-8-3-6-22-19-34(14-12-24(22)26)18-21-10-11-21/h1-3,5-8,21,33H,4,9-20H2. The Morgan fingerprint density at radius 3 is 2.61 bits per heavy atom. The summed E-state index contributed by atoms with van der Waals surface area (Å²) >= 11 is 0. The second kappa shape index (κ2) is 11.4. The molecule has 0 unspecified atom stereocenters. The number of halogens is 3. The maximum Gasteiger partial charge on any atom is 0.416 e. The number of fused-ring (bicyclic) bond motifs is 1. The number of amides is 2. The maximum atomic E-state index is 13.6. The molecule has 1 aliphatic carbocycles. The van der Waals surface area contributed by atoms with Gasteiger partial charge in [0.15, 0.2) is 0 Å². The zero-order valence-electron chi connectivity index (χ0n) is 21.6. The van der Waals surface area contributed by atoms with Crippen LogP contribution in [-0.2, 0) is 35.3 Å². The highest BCUT2D eigenvalue weighted by Gasteiger charge is 2.34. The van der Waals surface area contributed by atoms with Crippen LogP contribution in [0.5, 0.6) is 0 Å². The van der Waals surface area contributed by atoms with Gasteiger partial charge >= 0.3 is 6.18 Å². The van der Waals surface area contributed by atoms with Crippen molar-refractivity contribution in [2.24, 2.45) is 5.92 Å². The first kappa shape index (κ1) is 26.5. The number of nitrogens with zero attached hydrogens (tertiary/aromatic N) is 3. The summed E-state index contributed by atoms with van der Waals surface area (Å²) in [5.41, 5.74) is 2.69. The Morgan fingerprint density at radius 1 is 1.05 bits per heavy atom. The van der Waals surface area contributed by atoms with Gasteiger partial charge in [0.1, 0.15) is 0 Å². The first-order valence-corrected chi connectivity index (χ1v) is 13.6. The molecule has 6 nitrogen and oxygen atoms in total. The van der Waals surface area contributed by atoms with Gasteiger partial charge in [-0.3, -0.25) is 14.5 Å². The number of hydrogen-bond acceptors (Lipinski definition) is 4. The Morgan fingerprint density at radius 2 is 1.87 bits per heavy atom. The van der Waals surface area contributed by atoms with Gasteiger partial charge in [0.2, 0.25) is 11.8 Å². The van der Waals surface area contributed by atoms with Crippen LogP contribution < -0.4 is 5.32 Å². The van der Waals surface area contributed by atoms with E-state index in [4.69, 9.17) is 0 Å². The van der Waals surface area contributed by atoms with Crippen LogP contribution >= 0.6 is 0 Å². The van der Waals surface area contributed by atoms with E-state index in [2.05, 4.69) is 16.3 Å². The molecule has 2 fully saturated rings. The highest BCUT2D eigenvalue weighted by molar-refractivity contribution is 5.82. The fourth-order valence-corrected chi connectivity index (χ4v) is 5.55. The van der Waals surface area contributed by atoms with Gasteiger partial charge in [-0.05, 0) is 60.4 Å². The number of rotatable bonds is 10. The summed E-state index contributed by atoms with van der Waals surface area (Å²) in [6, 6.07) is 11.5. The predicted octanol–water partition coefficient (Wildman–Crippen LogP) is 4.54. The first-order valence-electron chi connectivity index (χ1n) is 13.6. The molecule has 1 N–H and O–H groups in total. The third-order valence-corrected chi connectivity index (χ3v) is 7.84. The molecule has 2 heterocycles. The highest BCUT2D eigenvalue weighted by Crippen LogP contribution is 2.34. The number of carbonyl (C=O) groups is 2. The Bertz CT molecular complexity index is 1160. The molecule has 9 heteroatoms. The van der Waals surface area contributed by atoms with Crippen LogP contribution in [0.4, 0.5) is 18.9 Å². The molecule has 0 spiro atoms. The van der Waals surface area contributed by atoms with Gasteiger partial charge < -0.3 is 15.1 Å². The summed E-state index contributed by atoms with van der Waals surface area (Å²) < 4.78 is 40.9. The molecule has 1 saturated carbocycles. The fraction of sp³-hybridized carbons (Fsp3) is 0.517. The quantitative estimate of drug-likeness (QED) is 0.492. The van der Waals surface area contributed by atoms with E-state index in [1.807, 2.05) is 12.1 Å². The van der Waals surface area contributed by atoms with Crippen molar-refractivity contribution in [2.75, 3.05) is 44.6 Å². The monoisotopic (exact) mass is 528 g/mol. The summed E-state index contributed by atoms with van der Waals surface area (Å²) in [6.45, 7) is 3.96. The van der Waals surface area contributed by atoms with Crippen molar-refractivity contribution in [1.29, 1.82) is 0 Å². The average Bonchev–Trinajstić information content (AvgIpc) is 3.62. The number of benzene rings is 2. The van der Waals surface area contributed by atoms with Gasteiger partial charge in [0.25, 0.3) is 0 Å². The second-order valence-corrected chi connectivity index (χ2v) is 10.7. The molecule has 0 bridgehead atoms. The Hall–Kier alpha value is -3.07. The van der Waals surface area contributed by atoms with Crippen molar-refractivity contribution < 1.29 is 22.8 Å². The topological polar surface area (TPSA) is 55.9 Å². The van der Waals surface area contributed by atoms with Gasteiger partial charge in [-0.2, -0.15) is 13.2 Å². The zero-order valence-corrected chi connectivity index (χ0v) is 21.6. The number of carbonyl (C=O) groups excluding carboxylic acids is 2. The molecule has 2 aromatic carbocycles. The molecule has 0 radical (unpaired) electrons. The lowest BCUT2D eigenvalue weighted by atomic mass is 9.97. The molecule has 1 saturated heterocycles. The molecule has 38 heavy (non-hydrogen) atoms. The number of likely N-dealkylation sites (tertiary alicyclic amines) is 1. The molecular formula is C29H35F3N4O2. The maximum absolute atomic E-state index is 13.6. The highest BCUT2D eigenvalue weighted by atomic mass is 19.4. The van der Waals surface area contributed by atoms with Crippen LogP contribution in [0.3, 0.4) is 0 Å². The lowest BCUT2D eigenvalue weighted by molar-refractivity contribution is -0.139. The Balaban J connectivity index is 1.27. The van der Waals surface area contributed by atoms with E-state index >= 15 is 0 Å². The van der Waals surface area contributed by atoms with Crippen molar-refractivity contribution in [3.63, 3.8) is 0 Å². The van der Waals surface area contributed by atoms with Crippen molar-refractivity contribution >= 4 is 17.5 Å². The lowest BCUT2D eigenvalue weighted by Gasteiger charge is -2.30. The van der Waals surface area contributed by atoms with Gasteiger partial charge in [-0.15, -0.1) is 0 Å². The number of nitrogens with one attached hydrogen (secondary N) is 1. The molecule has 0 atom stereocenters. The van der Waals surface area contributed by atoms with Crippen LogP contribution in [0.2, 0.25) is 0 Å². The van der Waals surface area contributed by atoms with Crippen molar-refractivity contribution in [3.05, 3.63) is 64.7 Å². The Kier molecular flexibility index (Phi) is 7.93. The molecule has 3 aliphatic rings. The van der Waals surface area contributed by atoms with E-state index in [1.54, 1.807) is 11.0 Å². The number of hydrogen-bond donors (Lipinski definition) is 1. The van der Waals surface area contributed by atoms with Crippen LogP contribution in [0, 0.1) is 5.92 Å². The van der Waals surface area contributed by atoms with E-state index in [1.165, 1.54) is 41.0 Å². The lowest BCUT2D eigenvalue weighted by Crippen LogP contribution is -2.41. The molecule has 2 amide bonds. The summed E-state index contributed by atoms with van der Waals surface area (Å²) in [7, 11) is 0. The predicted molar refractivity (Wildman–Crippen MR) is 139 cm³/mol. The van der Waals surface area contributed by atoms with Gasteiger partial charge in [0.05, 0.1) is 12.1 Å². The van der Waals surface area contributed by atoms with Crippen LogP contribution in [0.1, 0.15) is 47.9 Å². The van der Waals surface area contributed by atoms with Crippen LogP contribution in [0.25, 0.3) is 0 Å². The Labute approximate surface area is 221 Å². The van der Waals surface area contributed by atoms with Crippen molar-refractivity contribution in [3.8, 4) is 0 Å². The third-order valence-electron chi connectivity index (χ3n) is 7.84. The van der Waals surface area contributed by atoms with Gasteiger partial charge in [0, 0.05) is 57.9 Å². The van der Waals surface area contributed by atoms with E-state index in [9.17, 15) is 22.8 Å². The first-order chi connectivity index (χ1) is 18.3. The SMILES string of the molecule is O=C1CCCN1CCN(Cc1ccccc1C(F)(F)F)C(=O)CNc1cccc2c1CCN(CC1CC1)C2. The summed E-state index contributed by atoms with van der Waals surface area (Å²) in [4.78, 5) is 31.1. The minimum absolute atomic E-state index is 0.0234. The van der Waals surface area contributed by atoms with E-state index < -0.39 is 11.7 Å². The molecule has 204 valence electrons. The van der Waals surface area contributed by atoms with Gasteiger partial charge in [-0.25, -0.2) is 0 Å². The number of alkyl halides is 3. The van der Waals surface area contributed by atoms with Crippen LogP contribution in [-0.4, -0.2) is 65.8 Å². The summed E-state index contributed by atoms with van der Waals surface area (Å²) in [6.07, 6.45) is 0.280. The average molecular weight is 529 g/mol. The normalized spacial score (nSPS) is 18.0. The summed E-state index contributed by atoms with van der Waals surface area (Å²) in [5.74, 6) is 0.565. The minimum Gasteiger partial charge on any atom is -0.376 e. The molecule has 2 aromatic rings. The van der Waals surface area contributed by atoms with E-state index in [0.29, 0.717) is 19.5 Å². The van der Waals surface area contributed by atoms with Crippen LogP contribution in [0.15, 0.2) is 42.5 Å². The van der Waals surface area contributed by atoms with Crippen molar-refractivity contribution in [1.82, 2.24) is 14.7 Å². The summed E-state index contributed by atoms with van der Waals surface area (Å²) in [5, 5.41) is 3.28. The van der Waals surface area contributed by atoms with E-state index in [-0.39, 0.29) is 37.0 Å². The van der Waals surface area contributed by atoms with Gasteiger partial charge in [-0.1, -0.05) is 30.3 Å². The van der Waals surface area contributed by atoms with E-state index in [0.717, 1.165) is 50.1 Å². The molecule has 2 aliphatic heterocycles. The largest absolute Gasteiger partial charge is 0.416 e. The smallest absolute Gasteiger partial charge is 0.376 e.